The molecule has 0 bridgehead atoms. The number of hydrogen-bond acceptors (Lipinski definition) is 4. The maximum atomic E-state index is 12.2. The van der Waals surface area contributed by atoms with E-state index in [-0.39, 0.29) is 19.6 Å². The van der Waals surface area contributed by atoms with Crippen LogP contribution in [-0.2, 0) is 11.2 Å². The molecule has 0 saturated carbocycles. The number of fused-ring (bicyclic) bond motifs is 1. The zero-order chi connectivity index (χ0) is 17.5. The van der Waals surface area contributed by atoms with E-state index in [1.807, 2.05) is 31.7 Å². The second-order valence-electron chi connectivity index (χ2n) is 7.93. The predicted octanol–water partition coefficient (Wildman–Crippen LogP) is 4.34. The Balaban J connectivity index is 0.00000225. The first-order chi connectivity index (χ1) is 11.2. The third-order valence-corrected chi connectivity index (χ3v) is 4.72. The molecule has 3 rings (SSSR count). The first kappa shape index (κ1) is 19.4. The molecule has 1 atom stereocenters. The second-order valence-corrected chi connectivity index (χ2v) is 7.93. The molecule has 5 nitrogen and oxygen atoms in total. The van der Waals surface area contributed by atoms with E-state index in [0.29, 0.717) is 5.92 Å². The van der Waals surface area contributed by atoms with Gasteiger partial charge in [0.15, 0.2) is 0 Å². The zero-order valence-electron chi connectivity index (χ0n) is 15.1. The summed E-state index contributed by atoms with van der Waals surface area (Å²) in [6.07, 6.45) is 2.79. The van der Waals surface area contributed by atoms with Crippen LogP contribution in [-0.4, -0.2) is 35.8 Å². The quantitative estimate of drug-likeness (QED) is 0.767. The molecule has 1 saturated heterocycles. The Labute approximate surface area is 151 Å². The maximum Gasteiger partial charge on any atom is 0.410 e. The molecule has 2 heterocycles. The van der Waals surface area contributed by atoms with Crippen molar-refractivity contribution in [3.8, 4) is 5.75 Å². The molecular weight excluding hydrogens is 316 g/mol. The maximum absolute atomic E-state index is 12.2. The van der Waals surface area contributed by atoms with Gasteiger partial charge < -0.3 is 20.1 Å². The number of nitrogens with zero attached hydrogens (tertiary/aromatic N) is 1. The third-order valence-electron chi connectivity index (χ3n) is 4.72. The highest BCUT2D eigenvalue weighted by Crippen LogP contribution is 2.42. The lowest BCUT2D eigenvalue weighted by molar-refractivity contribution is 0.0204. The smallest absolute Gasteiger partial charge is 0.410 e. The van der Waals surface area contributed by atoms with Gasteiger partial charge in [0.25, 0.3) is 0 Å². The number of carbonyl (C=O) groups is 1. The molecule has 0 aliphatic carbocycles. The van der Waals surface area contributed by atoms with Gasteiger partial charge in [-0.25, -0.2) is 4.79 Å². The van der Waals surface area contributed by atoms with E-state index in [9.17, 15) is 4.79 Å². The first-order valence-corrected chi connectivity index (χ1v) is 8.80. The van der Waals surface area contributed by atoms with Crippen LogP contribution in [0.4, 0.5) is 10.5 Å². The highest BCUT2D eigenvalue weighted by molar-refractivity contribution is 5.68. The number of likely N-dealkylation sites (tertiary alicyclic amines) is 1. The molecule has 1 aromatic carbocycles. The number of ether oxygens (including phenoxy) is 2. The number of benzene rings is 1. The highest BCUT2D eigenvalue weighted by Gasteiger charge is 2.31. The SMILES string of the molecule is C.CC1Cc2c(C3CCN(C(=O)OC(C)(C)C)CC3)ccc(N)c2O1. The summed E-state index contributed by atoms with van der Waals surface area (Å²) in [6, 6.07) is 4.09. The summed E-state index contributed by atoms with van der Waals surface area (Å²) in [7, 11) is 0. The van der Waals surface area contributed by atoms with Gasteiger partial charge in [0.05, 0.1) is 5.69 Å². The Kier molecular flexibility index (Phi) is 5.55. The van der Waals surface area contributed by atoms with Gasteiger partial charge in [0.2, 0.25) is 0 Å². The molecule has 0 spiro atoms. The number of nitrogen functional groups attached to an aromatic ring is 1. The Hall–Kier alpha value is -1.91. The minimum atomic E-state index is -0.445. The Morgan fingerprint density at radius 1 is 1.28 bits per heavy atom. The molecule has 1 unspecified atom stereocenters. The number of nitrogens with two attached hydrogens (primary N) is 1. The molecule has 2 aliphatic rings. The summed E-state index contributed by atoms with van der Waals surface area (Å²) in [4.78, 5) is 14.0. The number of amides is 1. The minimum absolute atomic E-state index is 0. The van der Waals surface area contributed by atoms with Crippen molar-refractivity contribution >= 4 is 11.8 Å². The lowest BCUT2D eigenvalue weighted by Gasteiger charge is -2.34. The van der Waals surface area contributed by atoms with Crippen molar-refractivity contribution in [2.45, 2.75) is 72.0 Å². The lowest BCUT2D eigenvalue weighted by Crippen LogP contribution is -2.41. The van der Waals surface area contributed by atoms with Crippen molar-refractivity contribution in [3.05, 3.63) is 23.3 Å². The molecule has 2 aliphatic heterocycles. The van der Waals surface area contributed by atoms with E-state index in [0.717, 1.165) is 43.8 Å². The van der Waals surface area contributed by atoms with Crippen LogP contribution in [0, 0.1) is 0 Å². The molecule has 1 aromatic rings. The second kappa shape index (κ2) is 7.14. The minimum Gasteiger partial charge on any atom is -0.488 e. The van der Waals surface area contributed by atoms with Crippen molar-refractivity contribution in [1.29, 1.82) is 0 Å². The average molecular weight is 348 g/mol. The molecule has 1 fully saturated rings. The Bertz CT molecular complexity index is 629. The largest absolute Gasteiger partial charge is 0.488 e. The summed E-state index contributed by atoms with van der Waals surface area (Å²) in [5, 5.41) is 0. The highest BCUT2D eigenvalue weighted by atomic mass is 16.6. The fourth-order valence-corrected chi connectivity index (χ4v) is 3.62. The fraction of sp³-hybridized carbons (Fsp3) is 0.650. The van der Waals surface area contributed by atoms with Crippen molar-refractivity contribution < 1.29 is 14.3 Å². The molecule has 1 amide bonds. The summed E-state index contributed by atoms with van der Waals surface area (Å²) in [6.45, 7) is 9.24. The lowest BCUT2D eigenvalue weighted by atomic mass is 9.85. The third kappa shape index (κ3) is 4.20. The molecule has 5 heteroatoms. The van der Waals surface area contributed by atoms with Crippen molar-refractivity contribution in [2.75, 3.05) is 18.8 Å². The summed E-state index contributed by atoms with van der Waals surface area (Å²) in [5.74, 6) is 1.32. The van der Waals surface area contributed by atoms with E-state index in [4.69, 9.17) is 15.2 Å². The fourth-order valence-electron chi connectivity index (χ4n) is 3.62. The summed E-state index contributed by atoms with van der Waals surface area (Å²) in [5.41, 5.74) is 8.94. The molecule has 2 N–H and O–H groups in total. The van der Waals surface area contributed by atoms with Gasteiger partial charge in [-0.2, -0.15) is 0 Å². The van der Waals surface area contributed by atoms with Gasteiger partial charge in [0.1, 0.15) is 17.5 Å². The molecule has 140 valence electrons. The number of anilines is 1. The van der Waals surface area contributed by atoms with E-state index in [2.05, 4.69) is 13.0 Å². The average Bonchev–Trinajstić information content (AvgIpc) is 2.88. The first-order valence-electron chi connectivity index (χ1n) is 8.80. The van der Waals surface area contributed by atoms with Crippen molar-refractivity contribution in [1.82, 2.24) is 4.90 Å². The van der Waals surface area contributed by atoms with Crippen molar-refractivity contribution in [3.63, 3.8) is 0 Å². The van der Waals surface area contributed by atoms with Crippen LogP contribution in [0.15, 0.2) is 12.1 Å². The van der Waals surface area contributed by atoms with E-state index in [1.165, 1.54) is 11.1 Å². The van der Waals surface area contributed by atoms with Crippen molar-refractivity contribution in [2.24, 2.45) is 0 Å². The number of hydrogen-bond donors (Lipinski definition) is 1. The Morgan fingerprint density at radius 2 is 1.92 bits per heavy atom. The van der Waals surface area contributed by atoms with E-state index >= 15 is 0 Å². The van der Waals surface area contributed by atoms with Gasteiger partial charge in [-0.15, -0.1) is 0 Å². The standard InChI is InChI=1S/C19H28N2O3.CH4/c1-12-11-15-14(5-6-16(20)17(15)23-12)13-7-9-21(10-8-13)18(22)24-19(2,3)4;/h5-6,12-13H,7-11,20H2,1-4H3;1H4. The molecular formula is C20H32N2O3. The van der Waals surface area contributed by atoms with Gasteiger partial charge in [-0.3, -0.25) is 0 Å². The van der Waals surface area contributed by atoms with Crippen LogP contribution in [0.5, 0.6) is 5.75 Å². The summed E-state index contributed by atoms with van der Waals surface area (Å²) < 4.78 is 11.3. The number of piperidine rings is 1. The number of carbonyl (C=O) groups excluding carboxylic acids is 1. The van der Waals surface area contributed by atoms with Gasteiger partial charge in [0, 0.05) is 25.1 Å². The van der Waals surface area contributed by atoms with Crippen LogP contribution in [0.3, 0.4) is 0 Å². The van der Waals surface area contributed by atoms with Crippen LogP contribution >= 0.6 is 0 Å². The van der Waals surface area contributed by atoms with Crippen LogP contribution in [0.2, 0.25) is 0 Å². The van der Waals surface area contributed by atoms with E-state index < -0.39 is 5.60 Å². The monoisotopic (exact) mass is 348 g/mol. The molecule has 25 heavy (non-hydrogen) atoms. The van der Waals surface area contributed by atoms with Crippen LogP contribution in [0.1, 0.15) is 65.0 Å². The van der Waals surface area contributed by atoms with Gasteiger partial charge in [-0.05, 0) is 58.1 Å². The summed E-state index contributed by atoms with van der Waals surface area (Å²) >= 11 is 0. The normalized spacial score (nSPS) is 20.5. The Morgan fingerprint density at radius 3 is 2.52 bits per heavy atom. The van der Waals surface area contributed by atoms with Crippen LogP contribution in [0.25, 0.3) is 0 Å². The van der Waals surface area contributed by atoms with Crippen LogP contribution < -0.4 is 10.5 Å². The topological polar surface area (TPSA) is 64.8 Å². The zero-order valence-corrected chi connectivity index (χ0v) is 15.1. The predicted molar refractivity (Wildman–Crippen MR) is 101 cm³/mol. The van der Waals surface area contributed by atoms with Gasteiger partial charge in [-0.1, -0.05) is 13.5 Å². The number of rotatable bonds is 1. The molecule has 0 radical (unpaired) electrons. The van der Waals surface area contributed by atoms with Gasteiger partial charge >= 0.3 is 6.09 Å². The molecule has 0 aromatic heterocycles. The van der Waals surface area contributed by atoms with E-state index in [1.54, 1.807) is 0 Å².